The first kappa shape index (κ1) is 20.5. The van der Waals surface area contributed by atoms with Crippen LogP contribution < -0.4 is 10.1 Å². The van der Waals surface area contributed by atoms with Crippen LogP contribution in [0, 0.1) is 6.92 Å². The number of anilines is 1. The SMILES string of the molecule is Cc1cccn2cc(-c3ccccc3NC(=O)COc3ccc(-c4ccccc4)cc3)nc12. The molecule has 0 spiro atoms. The van der Waals surface area contributed by atoms with Gasteiger partial charge in [-0.05, 0) is 47.9 Å². The summed E-state index contributed by atoms with van der Waals surface area (Å²) in [5.74, 6) is 0.420. The fourth-order valence-corrected chi connectivity index (χ4v) is 3.81. The van der Waals surface area contributed by atoms with Gasteiger partial charge in [-0.3, -0.25) is 4.79 Å². The maximum absolute atomic E-state index is 12.6. The molecule has 5 heteroatoms. The Labute approximate surface area is 192 Å². The van der Waals surface area contributed by atoms with Crippen LogP contribution in [0.15, 0.2) is 103 Å². The number of para-hydroxylation sites is 1. The van der Waals surface area contributed by atoms with Crippen LogP contribution in [-0.2, 0) is 4.79 Å². The first-order valence-corrected chi connectivity index (χ1v) is 10.8. The molecule has 0 atom stereocenters. The Balaban J connectivity index is 1.27. The number of aryl methyl sites for hydroxylation is 1. The van der Waals surface area contributed by atoms with Crippen molar-refractivity contribution in [2.75, 3.05) is 11.9 Å². The van der Waals surface area contributed by atoms with E-state index in [9.17, 15) is 4.79 Å². The van der Waals surface area contributed by atoms with E-state index in [4.69, 9.17) is 9.72 Å². The zero-order chi connectivity index (χ0) is 22.6. The van der Waals surface area contributed by atoms with Crippen LogP contribution in [0.3, 0.4) is 0 Å². The molecule has 2 heterocycles. The molecule has 5 aromatic rings. The van der Waals surface area contributed by atoms with E-state index in [2.05, 4.69) is 17.4 Å². The number of aromatic nitrogens is 2. The molecule has 0 bridgehead atoms. The van der Waals surface area contributed by atoms with E-state index in [1.54, 1.807) is 0 Å². The number of fused-ring (bicyclic) bond motifs is 1. The third-order valence-corrected chi connectivity index (χ3v) is 5.49. The summed E-state index contributed by atoms with van der Waals surface area (Å²) in [5, 5.41) is 2.96. The molecule has 33 heavy (non-hydrogen) atoms. The van der Waals surface area contributed by atoms with Crippen molar-refractivity contribution in [3.63, 3.8) is 0 Å². The molecule has 0 fully saturated rings. The van der Waals surface area contributed by atoms with Gasteiger partial charge in [0.2, 0.25) is 0 Å². The molecule has 1 N–H and O–H groups in total. The third-order valence-electron chi connectivity index (χ3n) is 5.49. The van der Waals surface area contributed by atoms with Crippen molar-refractivity contribution >= 4 is 17.2 Å². The second kappa shape index (κ2) is 9.01. The minimum atomic E-state index is -0.227. The monoisotopic (exact) mass is 433 g/mol. The van der Waals surface area contributed by atoms with E-state index in [1.807, 2.05) is 103 Å². The fourth-order valence-electron chi connectivity index (χ4n) is 3.81. The first-order chi connectivity index (χ1) is 16.2. The smallest absolute Gasteiger partial charge is 0.262 e. The summed E-state index contributed by atoms with van der Waals surface area (Å²) in [4.78, 5) is 17.4. The lowest BCUT2D eigenvalue weighted by molar-refractivity contribution is -0.118. The highest BCUT2D eigenvalue weighted by atomic mass is 16.5. The summed E-state index contributed by atoms with van der Waals surface area (Å²) in [6, 6.07) is 29.5. The number of nitrogens with zero attached hydrogens (tertiary/aromatic N) is 2. The summed E-state index contributed by atoms with van der Waals surface area (Å²) in [5.41, 5.74) is 6.60. The van der Waals surface area contributed by atoms with Crippen molar-refractivity contribution in [2.45, 2.75) is 6.92 Å². The standard InChI is InChI=1S/C28H23N3O2/c1-20-8-7-17-31-18-26(30-28(20)31)24-11-5-6-12-25(24)29-27(32)19-33-23-15-13-22(14-16-23)21-9-3-2-4-10-21/h2-18H,19H2,1H3,(H,29,32). The number of nitrogens with one attached hydrogen (secondary N) is 1. The molecule has 0 aliphatic carbocycles. The van der Waals surface area contributed by atoms with Gasteiger partial charge < -0.3 is 14.5 Å². The molecule has 0 radical (unpaired) electrons. The van der Waals surface area contributed by atoms with Gasteiger partial charge in [-0.1, -0.05) is 66.7 Å². The minimum absolute atomic E-state index is 0.0801. The number of rotatable bonds is 6. The van der Waals surface area contributed by atoms with Crippen LogP contribution in [0.25, 0.3) is 28.0 Å². The molecular weight excluding hydrogens is 410 g/mol. The van der Waals surface area contributed by atoms with Crippen LogP contribution in [0.1, 0.15) is 5.56 Å². The third kappa shape index (κ3) is 4.48. The van der Waals surface area contributed by atoms with Crippen LogP contribution in [0.5, 0.6) is 5.75 Å². The van der Waals surface area contributed by atoms with Crippen molar-refractivity contribution in [1.29, 1.82) is 0 Å². The molecule has 0 unspecified atom stereocenters. The van der Waals surface area contributed by atoms with Crippen LogP contribution in [0.2, 0.25) is 0 Å². The Morgan fingerprint density at radius 1 is 0.879 bits per heavy atom. The highest BCUT2D eigenvalue weighted by molar-refractivity contribution is 5.96. The Kier molecular flexibility index (Phi) is 5.60. The van der Waals surface area contributed by atoms with Gasteiger partial charge in [0, 0.05) is 18.0 Å². The molecule has 0 aliphatic rings. The van der Waals surface area contributed by atoms with Crippen LogP contribution in [-0.4, -0.2) is 21.9 Å². The van der Waals surface area contributed by atoms with Gasteiger partial charge in [0.1, 0.15) is 11.4 Å². The zero-order valence-corrected chi connectivity index (χ0v) is 18.2. The molecule has 2 aromatic heterocycles. The number of carbonyl (C=O) groups is 1. The second-order valence-corrected chi connectivity index (χ2v) is 7.82. The first-order valence-electron chi connectivity index (χ1n) is 10.8. The minimum Gasteiger partial charge on any atom is -0.484 e. The number of benzene rings is 3. The summed E-state index contributed by atoms with van der Waals surface area (Å²) in [7, 11) is 0. The number of carbonyl (C=O) groups excluding carboxylic acids is 1. The quantitative estimate of drug-likeness (QED) is 0.358. The number of ether oxygens (including phenoxy) is 1. The van der Waals surface area contributed by atoms with Crippen LogP contribution in [0.4, 0.5) is 5.69 Å². The van der Waals surface area contributed by atoms with Crippen LogP contribution >= 0.6 is 0 Å². The highest BCUT2D eigenvalue weighted by Crippen LogP contribution is 2.28. The van der Waals surface area contributed by atoms with Crippen molar-refractivity contribution in [3.8, 4) is 28.1 Å². The predicted octanol–water partition coefficient (Wildman–Crippen LogP) is 5.99. The van der Waals surface area contributed by atoms with E-state index in [1.165, 1.54) is 0 Å². The number of pyridine rings is 1. The molecule has 3 aromatic carbocycles. The molecule has 1 amide bonds. The molecule has 0 saturated heterocycles. The lowest BCUT2D eigenvalue weighted by Crippen LogP contribution is -2.20. The summed E-state index contributed by atoms with van der Waals surface area (Å²) >= 11 is 0. The number of hydrogen-bond acceptors (Lipinski definition) is 3. The van der Waals surface area contributed by atoms with Gasteiger partial charge in [-0.2, -0.15) is 0 Å². The Morgan fingerprint density at radius 2 is 1.61 bits per heavy atom. The Hall–Kier alpha value is -4.38. The summed E-state index contributed by atoms with van der Waals surface area (Å²) < 4.78 is 7.70. The predicted molar refractivity (Wildman–Crippen MR) is 131 cm³/mol. The van der Waals surface area contributed by atoms with Crippen molar-refractivity contribution in [2.24, 2.45) is 0 Å². The molecule has 5 rings (SSSR count). The lowest BCUT2D eigenvalue weighted by Gasteiger charge is -2.11. The van der Waals surface area contributed by atoms with Gasteiger partial charge in [-0.25, -0.2) is 4.98 Å². The second-order valence-electron chi connectivity index (χ2n) is 7.82. The molecular formula is C28H23N3O2. The Morgan fingerprint density at radius 3 is 2.39 bits per heavy atom. The molecule has 0 aliphatic heterocycles. The molecule has 0 saturated carbocycles. The zero-order valence-electron chi connectivity index (χ0n) is 18.2. The van der Waals surface area contributed by atoms with Crippen molar-refractivity contribution < 1.29 is 9.53 Å². The number of amides is 1. The largest absolute Gasteiger partial charge is 0.484 e. The lowest BCUT2D eigenvalue weighted by atomic mass is 10.1. The van der Waals surface area contributed by atoms with E-state index >= 15 is 0 Å². The Bertz CT molecular complexity index is 1410. The summed E-state index contributed by atoms with van der Waals surface area (Å²) in [6.07, 6.45) is 3.94. The highest BCUT2D eigenvalue weighted by Gasteiger charge is 2.12. The van der Waals surface area contributed by atoms with Gasteiger partial charge >= 0.3 is 0 Å². The normalized spacial score (nSPS) is 10.8. The average molecular weight is 434 g/mol. The number of hydrogen-bond donors (Lipinski definition) is 1. The molecule has 5 nitrogen and oxygen atoms in total. The van der Waals surface area contributed by atoms with Gasteiger partial charge in [0.25, 0.3) is 5.91 Å². The van der Waals surface area contributed by atoms with Gasteiger partial charge in [-0.15, -0.1) is 0 Å². The van der Waals surface area contributed by atoms with Crippen molar-refractivity contribution in [1.82, 2.24) is 9.38 Å². The number of imidazole rings is 1. The van der Waals surface area contributed by atoms with E-state index < -0.39 is 0 Å². The van der Waals surface area contributed by atoms with Gasteiger partial charge in [0.05, 0.1) is 11.4 Å². The van der Waals surface area contributed by atoms with Crippen molar-refractivity contribution in [3.05, 3.63) is 109 Å². The average Bonchev–Trinajstić information content (AvgIpc) is 3.30. The van der Waals surface area contributed by atoms with E-state index in [0.29, 0.717) is 11.4 Å². The van der Waals surface area contributed by atoms with E-state index in [-0.39, 0.29) is 12.5 Å². The van der Waals surface area contributed by atoms with E-state index in [0.717, 1.165) is 33.6 Å². The fraction of sp³-hybridized carbons (Fsp3) is 0.0714. The van der Waals surface area contributed by atoms with Gasteiger partial charge in [0.15, 0.2) is 6.61 Å². The summed E-state index contributed by atoms with van der Waals surface area (Å²) in [6.45, 7) is 1.95. The maximum atomic E-state index is 12.6. The topological polar surface area (TPSA) is 55.6 Å². The molecule has 162 valence electrons. The maximum Gasteiger partial charge on any atom is 0.262 e.